The van der Waals surface area contributed by atoms with Gasteiger partial charge in [0.05, 0.1) is 23.4 Å². The maximum absolute atomic E-state index is 12.6. The highest BCUT2D eigenvalue weighted by Gasteiger charge is 2.37. The number of aromatic nitrogens is 4. The van der Waals surface area contributed by atoms with Gasteiger partial charge in [-0.1, -0.05) is 6.92 Å². The zero-order chi connectivity index (χ0) is 18.5. The van der Waals surface area contributed by atoms with Crippen LogP contribution in [0.2, 0.25) is 0 Å². The monoisotopic (exact) mass is 365 g/mol. The van der Waals surface area contributed by atoms with E-state index in [0.717, 1.165) is 16.9 Å². The molecule has 9 heteroatoms. The number of alkyl halides is 3. The summed E-state index contributed by atoms with van der Waals surface area (Å²) in [7, 11) is 0. The van der Waals surface area contributed by atoms with E-state index in [0.29, 0.717) is 18.6 Å². The lowest BCUT2D eigenvalue weighted by Gasteiger charge is -2.36. The second-order valence-corrected chi connectivity index (χ2v) is 6.85. The first-order valence-electron chi connectivity index (χ1n) is 8.47. The van der Waals surface area contributed by atoms with Crippen LogP contribution in [0.3, 0.4) is 0 Å². The van der Waals surface area contributed by atoms with Crippen molar-refractivity contribution in [2.45, 2.75) is 31.9 Å². The molecule has 4 rings (SSSR count). The van der Waals surface area contributed by atoms with E-state index in [4.69, 9.17) is 0 Å². The van der Waals surface area contributed by atoms with Crippen LogP contribution < -0.4 is 0 Å². The lowest BCUT2D eigenvalue weighted by atomic mass is 9.86. The van der Waals surface area contributed by atoms with Crippen LogP contribution in [0.15, 0.2) is 24.7 Å². The Morgan fingerprint density at radius 1 is 1.35 bits per heavy atom. The number of hydrogen-bond donors (Lipinski definition) is 1. The third-order valence-corrected chi connectivity index (χ3v) is 5.08. The van der Waals surface area contributed by atoms with Crippen molar-refractivity contribution in [2.75, 3.05) is 13.1 Å². The Morgan fingerprint density at radius 3 is 2.88 bits per heavy atom. The number of carbonyl (C=O) groups excluding carboxylic acids is 1. The summed E-state index contributed by atoms with van der Waals surface area (Å²) in [6.07, 6.45) is -0.0662. The molecule has 4 heterocycles. The molecule has 0 radical (unpaired) electrons. The Bertz CT molecular complexity index is 960. The van der Waals surface area contributed by atoms with Gasteiger partial charge in [-0.3, -0.25) is 9.20 Å². The van der Waals surface area contributed by atoms with Crippen LogP contribution in [0.25, 0.3) is 16.7 Å². The van der Waals surface area contributed by atoms with Crippen LogP contribution in [-0.4, -0.2) is 49.4 Å². The molecule has 1 aliphatic heterocycles. The third kappa shape index (κ3) is 2.91. The number of nitrogens with zero attached hydrogens (tertiary/aromatic N) is 4. The van der Waals surface area contributed by atoms with E-state index in [9.17, 15) is 18.0 Å². The number of amides is 1. The minimum atomic E-state index is -4.49. The van der Waals surface area contributed by atoms with Crippen molar-refractivity contribution in [3.8, 4) is 0 Å². The minimum absolute atomic E-state index is 0.135. The second kappa shape index (κ2) is 6.00. The number of aromatic amines is 1. The normalized spacial score (nSPS) is 21.6. The topological polar surface area (TPSA) is 66.3 Å². The summed E-state index contributed by atoms with van der Waals surface area (Å²) in [6, 6.07) is 1.89. The lowest BCUT2D eigenvalue weighted by molar-refractivity contribution is -0.162. The quantitative estimate of drug-likeness (QED) is 0.759. The Labute approximate surface area is 147 Å². The van der Waals surface area contributed by atoms with Crippen LogP contribution in [0.5, 0.6) is 0 Å². The van der Waals surface area contributed by atoms with Crippen molar-refractivity contribution >= 4 is 22.6 Å². The van der Waals surface area contributed by atoms with Crippen LogP contribution in [0.1, 0.15) is 31.5 Å². The molecule has 3 aromatic heterocycles. The first-order valence-corrected chi connectivity index (χ1v) is 8.47. The van der Waals surface area contributed by atoms with E-state index in [1.807, 2.05) is 17.4 Å². The van der Waals surface area contributed by atoms with Crippen molar-refractivity contribution in [2.24, 2.45) is 5.92 Å². The summed E-state index contributed by atoms with van der Waals surface area (Å²) < 4.78 is 39.7. The van der Waals surface area contributed by atoms with Crippen molar-refractivity contribution in [3.63, 3.8) is 0 Å². The largest absolute Gasteiger partial charge is 0.397 e. The molecule has 6 nitrogen and oxygen atoms in total. The molecule has 1 saturated heterocycles. The summed E-state index contributed by atoms with van der Waals surface area (Å²) in [5, 5.41) is 0. The fraction of sp³-hybridized carbons (Fsp3) is 0.471. The molecule has 0 aromatic carbocycles. The predicted molar refractivity (Wildman–Crippen MR) is 88.6 cm³/mol. The molecule has 1 N–H and O–H groups in total. The molecular weight excluding hydrogens is 347 g/mol. The number of carbonyl (C=O) groups is 1. The molecular formula is C17H18F3N5O. The molecule has 0 spiro atoms. The van der Waals surface area contributed by atoms with Crippen molar-refractivity contribution in [1.82, 2.24) is 24.3 Å². The third-order valence-electron chi connectivity index (χ3n) is 5.08. The van der Waals surface area contributed by atoms with Gasteiger partial charge in [-0.2, -0.15) is 13.2 Å². The molecule has 3 aromatic rings. The van der Waals surface area contributed by atoms with Gasteiger partial charge in [0.15, 0.2) is 5.65 Å². The van der Waals surface area contributed by atoms with Gasteiger partial charge in [-0.05, 0) is 18.4 Å². The van der Waals surface area contributed by atoms with Crippen LogP contribution >= 0.6 is 0 Å². The fourth-order valence-electron chi connectivity index (χ4n) is 3.68. The van der Waals surface area contributed by atoms with Crippen molar-refractivity contribution in [1.29, 1.82) is 0 Å². The van der Waals surface area contributed by atoms with E-state index in [1.54, 1.807) is 18.6 Å². The zero-order valence-electron chi connectivity index (χ0n) is 14.1. The Morgan fingerprint density at radius 2 is 2.12 bits per heavy atom. The van der Waals surface area contributed by atoms with Gasteiger partial charge < -0.3 is 9.88 Å². The molecule has 138 valence electrons. The summed E-state index contributed by atoms with van der Waals surface area (Å²) >= 11 is 0. The molecule has 0 saturated carbocycles. The van der Waals surface area contributed by atoms with Gasteiger partial charge in [0.2, 0.25) is 5.91 Å². The summed E-state index contributed by atoms with van der Waals surface area (Å²) in [5.74, 6) is -0.0469. The number of rotatable bonds is 2. The summed E-state index contributed by atoms with van der Waals surface area (Å²) in [5.41, 5.74) is 2.39. The van der Waals surface area contributed by atoms with E-state index >= 15 is 0 Å². The second-order valence-electron chi connectivity index (χ2n) is 6.85. The van der Waals surface area contributed by atoms with Crippen LogP contribution in [0.4, 0.5) is 13.2 Å². The molecule has 1 amide bonds. The molecule has 0 bridgehead atoms. The van der Waals surface area contributed by atoms with Gasteiger partial charge in [-0.25, -0.2) is 9.97 Å². The van der Waals surface area contributed by atoms with E-state index in [-0.39, 0.29) is 18.4 Å². The molecule has 1 fully saturated rings. The number of imidazole rings is 1. The standard InChI is InChI=1S/C17H18F3N5O/c1-10-3-5-24(14(26)6-17(18,19)20)9-12(10)16-23-8-11-7-22-15-13(25(11)16)2-4-21-15/h2,4,7-8,10,12,21H,3,5-6,9H2,1H3. The first-order chi connectivity index (χ1) is 12.3. The number of likely N-dealkylation sites (tertiary alicyclic amines) is 1. The van der Waals surface area contributed by atoms with Gasteiger partial charge in [0.1, 0.15) is 12.2 Å². The highest BCUT2D eigenvalue weighted by Crippen LogP contribution is 2.34. The smallest absolute Gasteiger partial charge is 0.345 e. The fourth-order valence-corrected chi connectivity index (χ4v) is 3.68. The molecule has 2 unspecified atom stereocenters. The van der Waals surface area contributed by atoms with E-state index in [2.05, 4.69) is 15.0 Å². The maximum Gasteiger partial charge on any atom is 0.397 e. The number of piperidine rings is 1. The lowest BCUT2D eigenvalue weighted by Crippen LogP contribution is -2.44. The first kappa shape index (κ1) is 16.9. The van der Waals surface area contributed by atoms with Crippen LogP contribution in [-0.2, 0) is 4.79 Å². The zero-order valence-corrected chi connectivity index (χ0v) is 14.1. The summed E-state index contributed by atoms with van der Waals surface area (Å²) in [4.78, 5) is 25.2. The Balaban J connectivity index is 1.69. The van der Waals surface area contributed by atoms with Crippen molar-refractivity contribution < 1.29 is 18.0 Å². The minimum Gasteiger partial charge on any atom is -0.345 e. The maximum atomic E-state index is 12.6. The number of H-pyrrole nitrogens is 1. The molecule has 0 aliphatic carbocycles. The Kier molecular flexibility index (Phi) is 3.89. The number of nitrogens with one attached hydrogen (secondary N) is 1. The molecule has 26 heavy (non-hydrogen) atoms. The van der Waals surface area contributed by atoms with Gasteiger partial charge in [0.25, 0.3) is 0 Å². The Hall–Kier alpha value is -2.58. The number of halogens is 3. The SMILES string of the molecule is CC1CCN(C(=O)CC(F)(F)F)CC1c1ncc2cnc3[nH]ccc3n12. The van der Waals surface area contributed by atoms with E-state index < -0.39 is 18.5 Å². The number of hydrogen-bond acceptors (Lipinski definition) is 3. The predicted octanol–water partition coefficient (Wildman–Crippen LogP) is 3.12. The van der Waals surface area contributed by atoms with Gasteiger partial charge >= 0.3 is 6.18 Å². The number of fused-ring (bicyclic) bond motifs is 3. The van der Waals surface area contributed by atoms with E-state index in [1.165, 1.54) is 4.90 Å². The van der Waals surface area contributed by atoms with Crippen LogP contribution in [0, 0.1) is 5.92 Å². The average molecular weight is 365 g/mol. The van der Waals surface area contributed by atoms with Crippen molar-refractivity contribution in [3.05, 3.63) is 30.5 Å². The highest BCUT2D eigenvalue weighted by atomic mass is 19.4. The summed E-state index contributed by atoms with van der Waals surface area (Å²) in [6.45, 7) is 2.63. The molecule has 2 atom stereocenters. The van der Waals surface area contributed by atoms with Gasteiger partial charge in [-0.15, -0.1) is 0 Å². The average Bonchev–Trinajstić information content (AvgIpc) is 3.19. The highest BCUT2D eigenvalue weighted by molar-refractivity contribution is 5.77. The van der Waals surface area contributed by atoms with Gasteiger partial charge in [0, 0.05) is 25.2 Å². The molecule has 1 aliphatic rings.